The van der Waals surface area contributed by atoms with Crippen LogP contribution in [0.1, 0.15) is 0 Å². The van der Waals surface area contributed by atoms with Crippen molar-refractivity contribution in [1.29, 1.82) is 0 Å². The van der Waals surface area contributed by atoms with E-state index in [-0.39, 0.29) is 11.9 Å². The van der Waals surface area contributed by atoms with E-state index in [1.165, 1.54) is 0 Å². The lowest BCUT2D eigenvalue weighted by Crippen LogP contribution is -2.42. The zero-order valence-corrected chi connectivity index (χ0v) is 10.4. The molecule has 1 amide bonds. The second-order valence-corrected chi connectivity index (χ2v) is 4.48. The van der Waals surface area contributed by atoms with Gasteiger partial charge in [-0.05, 0) is 24.3 Å². The molecule has 0 saturated carbocycles. The Hall–Kier alpha value is -2.49. The molecule has 0 spiro atoms. The van der Waals surface area contributed by atoms with Crippen LogP contribution in [0, 0.1) is 0 Å². The first-order chi connectivity index (χ1) is 9.33. The Morgan fingerprint density at radius 1 is 1.00 bits per heavy atom. The summed E-state index contributed by atoms with van der Waals surface area (Å²) in [7, 11) is 0. The highest BCUT2D eigenvalue weighted by Crippen LogP contribution is 2.25. The van der Waals surface area contributed by atoms with Crippen LogP contribution in [-0.4, -0.2) is 18.5 Å². The molecule has 0 fully saturated rings. The third-order valence-corrected chi connectivity index (χ3v) is 3.11. The number of nitrogens with one attached hydrogen (secondary N) is 3. The van der Waals surface area contributed by atoms with Crippen molar-refractivity contribution in [2.75, 3.05) is 22.5 Å². The molecule has 1 aliphatic rings. The minimum absolute atomic E-state index is 0.0341. The maximum atomic E-state index is 12.2. The number of hydrogen-bond donors (Lipinski definition) is 3. The first-order valence-corrected chi connectivity index (χ1v) is 6.28. The lowest BCUT2D eigenvalue weighted by molar-refractivity contribution is -0.116. The van der Waals surface area contributed by atoms with Gasteiger partial charge in [0, 0.05) is 12.2 Å². The molecule has 0 radical (unpaired) electrons. The largest absolute Gasteiger partial charge is 0.381 e. The first-order valence-electron chi connectivity index (χ1n) is 6.28. The van der Waals surface area contributed by atoms with Crippen molar-refractivity contribution < 1.29 is 4.79 Å². The number of amides is 1. The summed E-state index contributed by atoms with van der Waals surface area (Å²) in [5.41, 5.74) is 2.81. The lowest BCUT2D eigenvalue weighted by Gasteiger charge is -2.27. The normalized spacial score (nSPS) is 16.7. The molecule has 0 saturated heterocycles. The quantitative estimate of drug-likeness (QED) is 0.771. The number of rotatable bonds is 2. The zero-order chi connectivity index (χ0) is 13.1. The van der Waals surface area contributed by atoms with Gasteiger partial charge >= 0.3 is 0 Å². The van der Waals surface area contributed by atoms with Crippen molar-refractivity contribution in [2.45, 2.75) is 6.04 Å². The van der Waals surface area contributed by atoms with Crippen molar-refractivity contribution in [3.8, 4) is 0 Å². The van der Waals surface area contributed by atoms with Crippen LogP contribution >= 0.6 is 0 Å². The summed E-state index contributed by atoms with van der Waals surface area (Å²) in [5.74, 6) is -0.0341. The summed E-state index contributed by atoms with van der Waals surface area (Å²) < 4.78 is 0. The van der Waals surface area contributed by atoms with Crippen molar-refractivity contribution in [3.63, 3.8) is 0 Å². The van der Waals surface area contributed by atoms with E-state index in [1.807, 2.05) is 54.6 Å². The van der Waals surface area contributed by atoms with Crippen LogP contribution in [0.15, 0.2) is 54.6 Å². The van der Waals surface area contributed by atoms with Gasteiger partial charge in [-0.15, -0.1) is 0 Å². The van der Waals surface area contributed by atoms with Crippen molar-refractivity contribution >= 4 is 23.0 Å². The average molecular weight is 253 g/mol. The molecule has 19 heavy (non-hydrogen) atoms. The van der Waals surface area contributed by atoms with Gasteiger partial charge in [0.25, 0.3) is 0 Å². The molecule has 0 aromatic heterocycles. The van der Waals surface area contributed by atoms with Gasteiger partial charge < -0.3 is 16.0 Å². The van der Waals surface area contributed by atoms with Gasteiger partial charge in [-0.1, -0.05) is 30.3 Å². The van der Waals surface area contributed by atoms with E-state index in [0.717, 1.165) is 17.1 Å². The third-order valence-electron chi connectivity index (χ3n) is 3.11. The monoisotopic (exact) mass is 253 g/mol. The summed E-state index contributed by atoms with van der Waals surface area (Å²) >= 11 is 0. The van der Waals surface area contributed by atoms with E-state index >= 15 is 0 Å². The second kappa shape index (κ2) is 5.02. The van der Waals surface area contributed by atoms with E-state index < -0.39 is 0 Å². The fourth-order valence-electron chi connectivity index (χ4n) is 2.12. The summed E-state index contributed by atoms with van der Waals surface area (Å²) in [6.07, 6.45) is 0. The van der Waals surface area contributed by atoms with Crippen LogP contribution < -0.4 is 16.0 Å². The molecule has 1 aliphatic heterocycles. The number of hydrogen-bond acceptors (Lipinski definition) is 3. The molecule has 96 valence electrons. The molecular formula is C15H15N3O. The van der Waals surface area contributed by atoms with Gasteiger partial charge in [0.1, 0.15) is 6.04 Å². The second-order valence-electron chi connectivity index (χ2n) is 4.48. The number of para-hydroxylation sites is 3. The highest BCUT2D eigenvalue weighted by Gasteiger charge is 2.23. The highest BCUT2D eigenvalue weighted by molar-refractivity contribution is 5.98. The molecule has 1 unspecified atom stereocenters. The zero-order valence-electron chi connectivity index (χ0n) is 10.4. The number of carbonyl (C=O) groups is 1. The molecule has 0 aliphatic carbocycles. The Morgan fingerprint density at radius 2 is 1.68 bits per heavy atom. The van der Waals surface area contributed by atoms with E-state index in [1.54, 1.807) is 0 Å². The van der Waals surface area contributed by atoms with Gasteiger partial charge in [0.15, 0.2) is 0 Å². The number of fused-ring (bicyclic) bond motifs is 1. The minimum Gasteiger partial charge on any atom is -0.381 e. The smallest absolute Gasteiger partial charge is 0.248 e. The van der Waals surface area contributed by atoms with E-state index in [0.29, 0.717) is 6.54 Å². The van der Waals surface area contributed by atoms with Crippen molar-refractivity contribution in [1.82, 2.24) is 0 Å². The summed E-state index contributed by atoms with van der Waals surface area (Å²) in [6, 6.07) is 17.1. The fraction of sp³-hybridized carbons (Fsp3) is 0.133. The Balaban J connectivity index is 1.70. The molecule has 4 heteroatoms. The molecule has 0 bridgehead atoms. The predicted molar refractivity (Wildman–Crippen MR) is 77.4 cm³/mol. The molecule has 1 heterocycles. The Labute approximate surface area is 111 Å². The Kier molecular flexibility index (Phi) is 3.06. The van der Waals surface area contributed by atoms with Gasteiger partial charge in [0.05, 0.1) is 11.4 Å². The maximum Gasteiger partial charge on any atom is 0.248 e. The van der Waals surface area contributed by atoms with Crippen LogP contribution in [0.5, 0.6) is 0 Å². The summed E-state index contributed by atoms with van der Waals surface area (Å²) in [6.45, 7) is 0.579. The lowest BCUT2D eigenvalue weighted by atomic mass is 10.1. The highest BCUT2D eigenvalue weighted by atomic mass is 16.2. The van der Waals surface area contributed by atoms with E-state index in [4.69, 9.17) is 0 Å². The SMILES string of the molecule is O=C(Nc1ccccc1)C1CNc2ccccc2N1. The first kappa shape index (κ1) is 11.6. The molecule has 3 N–H and O–H groups in total. The van der Waals surface area contributed by atoms with Gasteiger partial charge in [-0.2, -0.15) is 0 Å². The van der Waals surface area contributed by atoms with Crippen LogP contribution in [0.25, 0.3) is 0 Å². The Bertz CT molecular complexity index is 583. The summed E-state index contributed by atoms with van der Waals surface area (Å²) in [5, 5.41) is 9.40. The molecule has 3 rings (SSSR count). The minimum atomic E-state index is -0.268. The Morgan fingerprint density at radius 3 is 2.47 bits per heavy atom. The van der Waals surface area contributed by atoms with E-state index in [9.17, 15) is 4.79 Å². The fourth-order valence-corrected chi connectivity index (χ4v) is 2.12. The van der Waals surface area contributed by atoms with Crippen molar-refractivity contribution in [2.24, 2.45) is 0 Å². The predicted octanol–water partition coefficient (Wildman–Crippen LogP) is 2.53. The van der Waals surface area contributed by atoms with Gasteiger partial charge in [0.2, 0.25) is 5.91 Å². The number of anilines is 3. The number of benzene rings is 2. The molecule has 4 nitrogen and oxygen atoms in total. The van der Waals surface area contributed by atoms with Gasteiger partial charge in [-0.3, -0.25) is 4.79 Å². The number of carbonyl (C=O) groups excluding carboxylic acids is 1. The van der Waals surface area contributed by atoms with Crippen LogP contribution in [0.3, 0.4) is 0 Å². The average Bonchev–Trinajstić information content (AvgIpc) is 2.48. The van der Waals surface area contributed by atoms with Crippen LogP contribution in [-0.2, 0) is 4.79 Å². The van der Waals surface area contributed by atoms with Gasteiger partial charge in [-0.25, -0.2) is 0 Å². The molecule has 2 aromatic rings. The van der Waals surface area contributed by atoms with Crippen LogP contribution in [0.2, 0.25) is 0 Å². The third kappa shape index (κ3) is 2.52. The van der Waals surface area contributed by atoms with Crippen LogP contribution in [0.4, 0.5) is 17.1 Å². The molecule has 1 atom stereocenters. The molecular weight excluding hydrogens is 238 g/mol. The van der Waals surface area contributed by atoms with E-state index in [2.05, 4.69) is 16.0 Å². The summed E-state index contributed by atoms with van der Waals surface area (Å²) in [4.78, 5) is 12.2. The topological polar surface area (TPSA) is 53.2 Å². The maximum absolute atomic E-state index is 12.2. The molecule has 2 aromatic carbocycles. The standard InChI is InChI=1S/C15H15N3O/c19-15(17-11-6-2-1-3-7-11)14-10-16-12-8-4-5-9-13(12)18-14/h1-9,14,16,18H,10H2,(H,17,19). The van der Waals surface area contributed by atoms with Crippen molar-refractivity contribution in [3.05, 3.63) is 54.6 Å².